The molecule has 2 saturated carbocycles. The van der Waals surface area contributed by atoms with E-state index in [-0.39, 0.29) is 29.4 Å². The molecule has 2 aliphatic carbocycles. The van der Waals surface area contributed by atoms with E-state index in [1.54, 1.807) is 0 Å². The molecule has 0 radical (unpaired) electrons. The highest BCUT2D eigenvalue weighted by atomic mass is 19.1. The maximum Gasteiger partial charge on any atom is 0.165 e. The molecule has 2 fully saturated rings. The average Bonchev–Trinajstić information content (AvgIpc) is 2.78. The minimum absolute atomic E-state index is 0.0343. The van der Waals surface area contributed by atoms with Crippen LogP contribution >= 0.6 is 0 Å². The lowest BCUT2D eigenvalue weighted by molar-refractivity contribution is 0.133. The summed E-state index contributed by atoms with van der Waals surface area (Å²) in [7, 11) is 0. The van der Waals surface area contributed by atoms with Crippen LogP contribution in [0.3, 0.4) is 0 Å². The van der Waals surface area contributed by atoms with E-state index in [1.807, 2.05) is 0 Å². The third-order valence-corrected chi connectivity index (χ3v) is 7.23. The number of fused-ring (bicyclic) bond motifs is 1. The second kappa shape index (κ2) is 9.97. The minimum Gasteiger partial charge on any atom is -0.486 e. The van der Waals surface area contributed by atoms with Crippen LogP contribution in [0.2, 0.25) is 0 Å². The second-order valence-corrected chi connectivity index (χ2v) is 9.23. The van der Waals surface area contributed by atoms with Gasteiger partial charge in [-0.25, -0.2) is 13.2 Å². The van der Waals surface area contributed by atoms with E-state index in [0.717, 1.165) is 36.8 Å². The van der Waals surface area contributed by atoms with Gasteiger partial charge in [-0.1, -0.05) is 30.9 Å². The Balaban J connectivity index is 1.51. The molecule has 2 aromatic rings. The molecule has 0 aromatic heterocycles. The van der Waals surface area contributed by atoms with E-state index in [1.165, 1.54) is 49.6 Å². The van der Waals surface area contributed by atoms with Crippen LogP contribution in [0, 0.1) is 35.2 Å². The van der Waals surface area contributed by atoms with Crippen LogP contribution in [0.5, 0.6) is 5.75 Å². The van der Waals surface area contributed by atoms with Gasteiger partial charge in [-0.05, 0) is 105 Å². The lowest BCUT2D eigenvalue weighted by atomic mass is 9.64. The first-order valence-corrected chi connectivity index (χ1v) is 11.7. The van der Waals surface area contributed by atoms with Gasteiger partial charge in [0, 0.05) is 0 Å². The molecule has 32 heavy (non-hydrogen) atoms. The van der Waals surface area contributed by atoms with Crippen LogP contribution < -0.4 is 4.74 Å². The van der Waals surface area contributed by atoms with Crippen LogP contribution in [0.15, 0.2) is 55.1 Å². The summed E-state index contributed by atoms with van der Waals surface area (Å²) >= 11 is 0. The van der Waals surface area contributed by atoms with Gasteiger partial charge < -0.3 is 4.74 Å². The van der Waals surface area contributed by atoms with Gasteiger partial charge in [0.05, 0.1) is 5.56 Å². The second-order valence-electron chi connectivity index (χ2n) is 9.23. The van der Waals surface area contributed by atoms with Crippen molar-refractivity contribution in [3.8, 4) is 16.9 Å². The fraction of sp³-hybridized carbons (Fsp3) is 0.429. The predicted octanol–water partition coefficient (Wildman–Crippen LogP) is 8.21. The summed E-state index contributed by atoms with van der Waals surface area (Å²) in [5.74, 6) is 0.320. The van der Waals surface area contributed by atoms with Crippen molar-refractivity contribution in [3.05, 3.63) is 78.2 Å². The van der Waals surface area contributed by atoms with Crippen LogP contribution in [0.4, 0.5) is 13.2 Å². The highest BCUT2D eigenvalue weighted by molar-refractivity contribution is 5.66. The zero-order valence-electron chi connectivity index (χ0n) is 18.6. The van der Waals surface area contributed by atoms with Crippen molar-refractivity contribution in [2.45, 2.75) is 51.4 Å². The van der Waals surface area contributed by atoms with Gasteiger partial charge in [0.15, 0.2) is 11.6 Å². The number of hydrogen-bond donors (Lipinski definition) is 0. The first kappa shape index (κ1) is 22.7. The molecule has 170 valence electrons. The fourth-order valence-corrected chi connectivity index (χ4v) is 5.70. The van der Waals surface area contributed by atoms with Gasteiger partial charge in [-0.15, -0.1) is 0 Å². The molecule has 0 heterocycles. The molecule has 2 aromatic carbocycles. The summed E-state index contributed by atoms with van der Waals surface area (Å²) in [6, 6.07) is 6.90. The van der Waals surface area contributed by atoms with Crippen molar-refractivity contribution >= 4 is 0 Å². The number of ether oxygens (including phenoxy) is 1. The van der Waals surface area contributed by atoms with Crippen LogP contribution in [-0.4, -0.2) is 6.61 Å². The monoisotopic (exact) mass is 440 g/mol. The van der Waals surface area contributed by atoms with Crippen LogP contribution in [0.25, 0.3) is 11.1 Å². The Labute approximate surface area is 189 Å². The predicted molar refractivity (Wildman–Crippen MR) is 123 cm³/mol. The molecule has 4 atom stereocenters. The van der Waals surface area contributed by atoms with Gasteiger partial charge in [-0.3, -0.25) is 0 Å². The smallest absolute Gasteiger partial charge is 0.165 e. The molecule has 4 rings (SSSR count). The van der Waals surface area contributed by atoms with Crippen molar-refractivity contribution in [2.75, 3.05) is 6.61 Å². The van der Waals surface area contributed by atoms with Crippen molar-refractivity contribution in [1.82, 2.24) is 0 Å². The number of allylic oxidation sites excluding steroid dienone is 2. The first-order valence-electron chi connectivity index (χ1n) is 11.7. The average molecular weight is 441 g/mol. The third-order valence-electron chi connectivity index (χ3n) is 7.23. The van der Waals surface area contributed by atoms with Gasteiger partial charge in [0.2, 0.25) is 0 Å². The molecule has 4 unspecified atom stereocenters. The summed E-state index contributed by atoms with van der Waals surface area (Å²) in [4.78, 5) is 0. The Bertz CT molecular complexity index is 973. The number of halogens is 3. The Morgan fingerprint density at radius 2 is 1.66 bits per heavy atom. The summed E-state index contributed by atoms with van der Waals surface area (Å²) < 4.78 is 49.6. The van der Waals surface area contributed by atoms with Crippen LogP contribution in [-0.2, 0) is 0 Å². The van der Waals surface area contributed by atoms with Crippen molar-refractivity contribution in [1.29, 1.82) is 0 Å². The molecule has 0 amide bonds. The number of benzene rings is 2. The van der Waals surface area contributed by atoms with E-state index in [9.17, 15) is 4.39 Å². The van der Waals surface area contributed by atoms with E-state index < -0.39 is 17.5 Å². The number of hydrogen-bond acceptors (Lipinski definition) is 1. The Kier molecular flexibility index (Phi) is 7.07. The van der Waals surface area contributed by atoms with Crippen molar-refractivity contribution in [3.63, 3.8) is 0 Å². The minimum atomic E-state index is -0.654. The highest BCUT2D eigenvalue weighted by Crippen LogP contribution is 2.48. The van der Waals surface area contributed by atoms with Gasteiger partial charge in [0.1, 0.15) is 18.2 Å². The molecule has 0 N–H and O–H groups in total. The quantitative estimate of drug-likeness (QED) is 0.411. The summed E-state index contributed by atoms with van der Waals surface area (Å²) in [6.45, 7) is 5.76. The van der Waals surface area contributed by atoms with Gasteiger partial charge >= 0.3 is 0 Å². The Hall–Kier alpha value is -2.49. The highest BCUT2D eigenvalue weighted by Gasteiger charge is 2.35. The molecule has 0 saturated heterocycles. The SMILES string of the molecule is C=CCOc1ccc(-c2c(F)cc(C3CCC4CC(/C=C/C)CCC4C3)cc2F)cc1F. The topological polar surface area (TPSA) is 9.23 Å². The molecule has 0 aliphatic heterocycles. The molecule has 4 heteroatoms. The van der Waals surface area contributed by atoms with Crippen LogP contribution in [0.1, 0.15) is 56.9 Å². The normalized spacial score (nSPS) is 25.5. The lowest BCUT2D eigenvalue weighted by Gasteiger charge is -2.42. The lowest BCUT2D eigenvalue weighted by Crippen LogP contribution is -2.30. The largest absolute Gasteiger partial charge is 0.486 e. The molecule has 0 bridgehead atoms. The van der Waals surface area contributed by atoms with E-state index in [2.05, 4.69) is 25.7 Å². The summed E-state index contributed by atoms with van der Waals surface area (Å²) in [5.41, 5.74) is 0.702. The maximum atomic E-state index is 15.0. The zero-order valence-corrected chi connectivity index (χ0v) is 18.6. The van der Waals surface area contributed by atoms with Gasteiger partial charge in [0.25, 0.3) is 0 Å². The van der Waals surface area contributed by atoms with Gasteiger partial charge in [-0.2, -0.15) is 0 Å². The Morgan fingerprint density at radius 1 is 0.938 bits per heavy atom. The Morgan fingerprint density at radius 3 is 2.34 bits per heavy atom. The molecular formula is C28H31F3O. The van der Waals surface area contributed by atoms with E-state index in [4.69, 9.17) is 4.74 Å². The third kappa shape index (κ3) is 4.79. The van der Waals surface area contributed by atoms with Crippen molar-refractivity contribution < 1.29 is 17.9 Å². The molecular weight excluding hydrogens is 409 g/mol. The van der Waals surface area contributed by atoms with E-state index in [0.29, 0.717) is 11.8 Å². The van der Waals surface area contributed by atoms with Crippen molar-refractivity contribution in [2.24, 2.45) is 17.8 Å². The standard InChI is InChI=1S/C28H31F3O/c1-3-5-18-6-7-20-14-21(9-8-19(20)13-18)23-16-25(30)28(26(31)17-23)22-10-11-27(24(29)15-22)32-12-4-2/h3-5,10-11,15-21H,2,6-9,12-14H2,1H3/b5-3+. The molecule has 0 spiro atoms. The first-order chi connectivity index (χ1) is 15.5. The zero-order chi connectivity index (χ0) is 22.7. The molecule has 2 aliphatic rings. The summed E-state index contributed by atoms with van der Waals surface area (Å²) in [6.07, 6.45) is 12.7. The van der Waals surface area contributed by atoms with E-state index >= 15 is 8.78 Å². The maximum absolute atomic E-state index is 15.0. The fourth-order valence-electron chi connectivity index (χ4n) is 5.70. The molecule has 1 nitrogen and oxygen atoms in total. The summed E-state index contributed by atoms with van der Waals surface area (Å²) in [5, 5.41) is 0. The number of rotatable bonds is 6.